The van der Waals surface area contributed by atoms with Crippen LogP contribution in [-0.4, -0.2) is 12.1 Å². The zero-order chi connectivity index (χ0) is 12.9. The van der Waals surface area contributed by atoms with E-state index in [-0.39, 0.29) is 5.54 Å². The summed E-state index contributed by atoms with van der Waals surface area (Å²) in [6, 6.07) is 8.63. The quantitative estimate of drug-likeness (QED) is 0.849. The zero-order valence-corrected chi connectivity index (χ0v) is 13.0. The molecule has 1 aromatic rings. The van der Waals surface area contributed by atoms with Gasteiger partial charge in [-0.05, 0) is 57.4 Å². The van der Waals surface area contributed by atoms with Crippen molar-refractivity contribution in [2.24, 2.45) is 5.92 Å². The van der Waals surface area contributed by atoms with Gasteiger partial charge in [-0.15, -0.1) is 0 Å². The highest BCUT2D eigenvalue weighted by Crippen LogP contribution is 2.17. The molecule has 0 saturated heterocycles. The molecule has 0 bridgehead atoms. The van der Waals surface area contributed by atoms with E-state index in [1.807, 2.05) is 0 Å². The van der Waals surface area contributed by atoms with E-state index in [0.29, 0.717) is 5.92 Å². The maximum atomic E-state index is 3.60. The minimum atomic E-state index is 0.213. The van der Waals surface area contributed by atoms with E-state index in [9.17, 15) is 0 Å². The number of halogens is 1. The van der Waals surface area contributed by atoms with Gasteiger partial charge < -0.3 is 5.32 Å². The Morgan fingerprint density at radius 3 is 2.53 bits per heavy atom. The Bertz CT molecular complexity index is 341. The molecule has 17 heavy (non-hydrogen) atoms. The highest BCUT2D eigenvalue weighted by Gasteiger charge is 2.13. The summed E-state index contributed by atoms with van der Waals surface area (Å²) in [4.78, 5) is 0. The highest BCUT2D eigenvalue weighted by atomic mass is 79.9. The van der Waals surface area contributed by atoms with E-state index in [2.05, 4.69) is 73.2 Å². The molecule has 0 spiro atoms. The third-order valence-corrected chi connectivity index (χ3v) is 3.41. The number of benzene rings is 1. The van der Waals surface area contributed by atoms with Gasteiger partial charge in [0.1, 0.15) is 0 Å². The van der Waals surface area contributed by atoms with Gasteiger partial charge in [0.2, 0.25) is 0 Å². The molecule has 0 amide bonds. The summed E-state index contributed by atoms with van der Waals surface area (Å²) < 4.78 is 1.17. The van der Waals surface area contributed by atoms with Gasteiger partial charge >= 0.3 is 0 Å². The molecule has 0 fully saturated rings. The van der Waals surface area contributed by atoms with Crippen molar-refractivity contribution in [3.05, 3.63) is 34.3 Å². The third kappa shape index (κ3) is 6.23. The second kappa shape index (κ2) is 6.55. The van der Waals surface area contributed by atoms with Gasteiger partial charge in [0.15, 0.2) is 0 Å². The number of rotatable bonds is 5. The Morgan fingerprint density at radius 2 is 2.00 bits per heavy atom. The lowest BCUT2D eigenvalue weighted by molar-refractivity contribution is 0.363. The van der Waals surface area contributed by atoms with Crippen LogP contribution in [0.2, 0.25) is 0 Å². The van der Waals surface area contributed by atoms with Gasteiger partial charge in [-0.25, -0.2) is 0 Å². The van der Waals surface area contributed by atoms with Crippen LogP contribution in [0.1, 0.15) is 39.7 Å². The second-order valence-electron chi connectivity index (χ2n) is 5.74. The van der Waals surface area contributed by atoms with E-state index in [1.54, 1.807) is 0 Å². The predicted molar refractivity (Wildman–Crippen MR) is 79.4 cm³/mol. The van der Waals surface area contributed by atoms with Crippen LogP contribution in [0.4, 0.5) is 0 Å². The molecule has 0 radical (unpaired) electrons. The molecular formula is C15H24BrN. The normalized spacial score (nSPS) is 13.7. The lowest BCUT2D eigenvalue weighted by atomic mass is 9.95. The lowest BCUT2D eigenvalue weighted by Gasteiger charge is -2.24. The van der Waals surface area contributed by atoms with E-state index in [4.69, 9.17) is 0 Å². The van der Waals surface area contributed by atoms with Crippen molar-refractivity contribution >= 4 is 15.9 Å². The molecular weight excluding hydrogens is 274 g/mol. The van der Waals surface area contributed by atoms with Gasteiger partial charge in [0, 0.05) is 10.0 Å². The SMILES string of the molecule is CCC(CNC(C)(C)C)Cc1cccc(Br)c1. The molecule has 1 nitrogen and oxygen atoms in total. The fraction of sp³-hybridized carbons (Fsp3) is 0.600. The van der Waals surface area contributed by atoms with Crippen LogP contribution in [0.5, 0.6) is 0 Å². The fourth-order valence-electron chi connectivity index (χ4n) is 1.81. The monoisotopic (exact) mass is 297 g/mol. The van der Waals surface area contributed by atoms with Gasteiger partial charge in [0.05, 0.1) is 0 Å². The van der Waals surface area contributed by atoms with Crippen LogP contribution in [0.15, 0.2) is 28.7 Å². The first-order valence-corrected chi connectivity index (χ1v) is 7.19. The van der Waals surface area contributed by atoms with Crippen molar-refractivity contribution in [1.29, 1.82) is 0 Å². The van der Waals surface area contributed by atoms with Crippen molar-refractivity contribution in [3.63, 3.8) is 0 Å². The first kappa shape index (κ1) is 14.7. The van der Waals surface area contributed by atoms with E-state index >= 15 is 0 Å². The van der Waals surface area contributed by atoms with E-state index in [1.165, 1.54) is 16.5 Å². The summed E-state index contributed by atoms with van der Waals surface area (Å²) in [6.07, 6.45) is 2.37. The molecule has 96 valence electrons. The summed E-state index contributed by atoms with van der Waals surface area (Å²) in [5.41, 5.74) is 1.63. The summed E-state index contributed by atoms with van der Waals surface area (Å²) in [5.74, 6) is 0.712. The summed E-state index contributed by atoms with van der Waals surface area (Å²) >= 11 is 3.53. The van der Waals surface area contributed by atoms with Crippen LogP contribution in [-0.2, 0) is 6.42 Å². The number of nitrogens with one attached hydrogen (secondary N) is 1. The average molecular weight is 298 g/mol. The molecule has 0 aliphatic rings. The average Bonchev–Trinajstić information content (AvgIpc) is 2.23. The molecule has 0 aromatic heterocycles. The summed E-state index contributed by atoms with van der Waals surface area (Å²) in [5, 5.41) is 3.60. The maximum absolute atomic E-state index is 3.60. The van der Waals surface area contributed by atoms with Crippen molar-refractivity contribution in [1.82, 2.24) is 5.32 Å². The molecule has 1 unspecified atom stereocenters. The van der Waals surface area contributed by atoms with Crippen LogP contribution in [0.3, 0.4) is 0 Å². The molecule has 1 atom stereocenters. The van der Waals surface area contributed by atoms with Crippen LogP contribution < -0.4 is 5.32 Å². The molecule has 0 saturated carbocycles. The Balaban J connectivity index is 2.52. The zero-order valence-electron chi connectivity index (χ0n) is 11.4. The number of hydrogen-bond acceptors (Lipinski definition) is 1. The largest absolute Gasteiger partial charge is 0.312 e. The molecule has 0 aliphatic carbocycles. The Kier molecular flexibility index (Phi) is 5.68. The van der Waals surface area contributed by atoms with Crippen molar-refractivity contribution < 1.29 is 0 Å². The first-order valence-electron chi connectivity index (χ1n) is 6.40. The van der Waals surface area contributed by atoms with Gasteiger partial charge in [0.25, 0.3) is 0 Å². The minimum Gasteiger partial charge on any atom is -0.312 e. The Hall–Kier alpha value is -0.340. The predicted octanol–water partition coefficient (Wildman–Crippen LogP) is 4.41. The molecule has 0 aliphatic heterocycles. The van der Waals surface area contributed by atoms with Crippen LogP contribution in [0.25, 0.3) is 0 Å². The minimum absolute atomic E-state index is 0.213. The smallest absolute Gasteiger partial charge is 0.0177 e. The van der Waals surface area contributed by atoms with Gasteiger partial charge in [-0.1, -0.05) is 41.4 Å². The van der Waals surface area contributed by atoms with Gasteiger partial charge in [-0.2, -0.15) is 0 Å². The van der Waals surface area contributed by atoms with E-state index < -0.39 is 0 Å². The Morgan fingerprint density at radius 1 is 1.29 bits per heavy atom. The molecule has 1 aromatic carbocycles. The lowest BCUT2D eigenvalue weighted by Crippen LogP contribution is -2.39. The molecule has 1 N–H and O–H groups in total. The van der Waals surface area contributed by atoms with Crippen molar-refractivity contribution in [3.8, 4) is 0 Å². The molecule has 1 rings (SSSR count). The molecule has 0 heterocycles. The topological polar surface area (TPSA) is 12.0 Å². The third-order valence-electron chi connectivity index (χ3n) is 2.91. The van der Waals surface area contributed by atoms with Crippen LogP contribution in [0, 0.1) is 5.92 Å². The van der Waals surface area contributed by atoms with Gasteiger partial charge in [-0.3, -0.25) is 0 Å². The first-order chi connectivity index (χ1) is 7.90. The summed E-state index contributed by atoms with van der Waals surface area (Å²) in [7, 11) is 0. The Labute approximate surface area is 114 Å². The highest BCUT2D eigenvalue weighted by molar-refractivity contribution is 9.10. The van der Waals surface area contributed by atoms with Crippen molar-refractivity contribution in [2.75, 3.05) is 6.54 Å². The standard InChI is InChI=1S/C15H24BrN/c1-5-12(11-17-15(2,3)4)9-13-7-6-8-14(16)10-13/h6-8,10,12,17H,5,9,11H2,1-4H3. The maximum Gasteiger partial charge on any atom is 0.0177 e. The second-order valence-corrected chi connectivity index (χ2v) is 6.65. The number of hydrogen-bond donors (Lipinski definition) is 1. The summed E-state index contributed by atoms with van der Waals surface area (Å²) in [6.45, 7) is 10.0. The molecule has 2 heteroatoms. The van der Waals surface area contributed by atoms with E-state index in [0.717, 1.165) is 13.0 Å². The van der Waals surface area contributed by atoms with Crippen molar-refractivity contribution in [2.45, 2.75) is 46.1 Å². The van der Waals surface area contributed by atoms with Crippen LogP contribution >= 0.6 is 15.9 Å². The fourth-order valence-corrected chi connectivity index (χ4v) is 2.26.